The van der Waals surface area contributed by atoms with Gasteiger partial charge in [0.05, 0.1) is 18.5 Å². The van der Waals surface area contributed by atoms with Crippen LogP contribution in [0.4, 0.5) is 5.69 Å². The number of hydrogen-bond donors (Lipinski definition) is 1. The monoisotopic (exact) mass is 375 g/mol. The molecule has 28 heavy (non-hydrogen) atoms. The van der Waals surface area contributed by atoms with Crippen molar-refractivity contribution in [3.05, 3.63) is 67.3 Å². The van der Waals surface area contributed by atoms with Crippen LogP contribution in [0.25, 0.3) is 16.9 Å². The first-order valence-electron chi connectivity index (χ1n) is 8.55. The van der Waals surface area contributed by atoms with Gasteiger partial charge in [-0.3, -0.25) is 4.79 Å². The summed E-state index contributed by atoms with van der Waals surface area (Å²) in [7, 11) is 1.55. The number of methoxy groups -OCH3 is 1. The average molecular weight is 375 g/mol. The molecule has 0 atom stereocenters. The summed E-state index contributed by atoms with van der Waals surface area (Å²) < 4.78 is 12.6. The zero-order chi connectivity index (χ0) is 19.3. The summed E-state index contributed by atoms with van der Waals surface area (Å²) in [6, 6.07) is 13.1. The number of carbonyl (C=O) groups excluding carboxylic acids is 1. The number of anilines is 1. The molecule has 1 amide bonds. The third-order valence-corrected chi connectivity index (χ3v) is 4.01. The maximum absolute atomic E-state index is 12.3. The van der Waals surface area contributed by atoms with Crippen molar-refractivity contribution in [3.63, 3.8) is 0 Å². The van der Waals surface area contributed by atoms with Gasteiger partial charge >= 0.3 is 6.01 Å². The number of nitrogens with one attached hydrogen (secondary N) is 1. The summed E-state index contributed by atoms with van der Waals surface area (Å²) in [5, 5.41) is 2.80. The van der Waals surface area contributed by atoms with Crippen molar-refractivity contribution in [1.29, 1.82) is 0 Å². The molecule has 140 valence electrons. The molecule has 0 unspecified atom stereocenters. The Balaban J connectivity index is 1.54. The van der Waals surface area contributed by atoms with E-state index in [0.717, 1.165) is 16.9 Å². The molecule has 0 fully saturated rings. The van der Waals surface area contributed by atoms with Crippen molar-refractivity contribution in [1.82, 2.24) is 19.4 Å². The van der Waals surface area contributed by atoms with E-state index >= 15 is 0 Å². The third-order valence-electron chi connectivity index (χ3n) is 4.01. The van der Waals surface area contributed by atoms with Gasteiger partial charge in [0.15, 0.2) is 6.61 Å². The number of nitrogens with zero attached hydrogens (tertiary/aromatic N) is 4. The highest BCUT2D eigenvalue weighted by atomic mass is 16.5. The predicted octanol–water partition coefficient (Wildman–Crippen LogP) is 2.82. The van der Waals surface area contributed by atoms with Gasteiger partial charge in [0.25, 0.3) is 5.91 Å². The lowest BCUT2D eigenvalue weighted by atomic mass is 10.1. The highest BCUT2D eigenvalue weighted by molar-refractivity contribution is 5.94. The first kappa shape index (κ1) is 17.5. The number of amides is 1. The van der Waals surface area contributed by atoms with Gasteiger partial charge in [-0.15, -0.1) is 0 Å². The molecule has 3 heterocycles. The van der Waals surface area contributed by atoms with Gasteiger partial charge in [0.2, 0.25) is 0 Å². The van der Waals surface area contributed by atoms with Crippen LogP contribution < -0.4 is 14.8 Å². The molecule has 0 radical (unpaired) electrons. The van der Waals surface area contributed by atoms with Gasteiger partial charge in [-0.25, -0.2) is 15.0 Å². The van der Waals surface area contributed by atoms with Crippen LogP contribution in [-0.4, -0.2) is 39.0 Å². The highest BCUT2D eigenvalue weighted by Crippen LogP contribution is 2.30. The first-order chi connectivity index (χ1) is 13.7. The second-order valence-electron chi connectivity index (χ2n) is 5.88. The minimum atomic E-state index is -0.349. The van der Waals surface area contributed by atoms with E-state index in [0.29, 0.717) is 11.4 Å². The van der Waals surface area contributed by atoms with Crippen molar-refractivity contribution >= 4 is 17.2 Å². The van der Waals surface area contributed by atoms with E-state index in [-0.39, 0.29) is 18.5 Å². The van der Waals surface area contributed by atoms with E-state index in [4.69, 9.17) is 9.47 Å². The standard InChI is InChI=1S/C20H17N5O3/c1-27-17-7-6-14(16-12-25-10-3-2-5-18(25)23-16)11-15(17)24-19(26)13-28-20-21-8-4-9-22-20/h2-12H,13H2,1H3,(H,24,26). The lowest BCUT2D eigenvalue weighted by Gasteiger charge is -2.11. The van der Waals surface area contributed by atoms with Crippen LogP contribution in [0.3, 0.4) is 0 Å². The zero-order valence-electron chi connectivity index (χ0n) is 15.1. The molecule has 0 aliphatic carbocycles. The molecule has 4 aromatic rings. The summed E-state index contributed by atoms with van der Waals surface area (Å²) in [6.45, 7) is -0.217. The Hall–Kier alpha value is -3.94. The van der Waals surface area contributed by atoms with E-state index < -0.39 is 0 Å². The molecule has 0 saturated carbocycles. The van der Waals surface area contributed by atoms with Crippen LogP contribution in [0, 0.1) is 0 Å². The Bertz CT molecular complexity index is 1080. The summed E-state index contributed by atoms with van der Waals surface area (Å²) in [5.41, 5.74) is 3.01. The fourth-order valence-electron chi connectivity index (χ4n) is 2.72. The molecule has 0 aliphatic heterocycles. The lowest BCUT2D eigenvalue weighted by Crippen LogP contribution is -2.21. The van der Waals surface area contributed by atoms with Crippen molar-refractivity contribution in [2.75, 3.05) is 19.0 Å². The van der Waals surface area contributed by atoms with E-state index in [2.05, 4.69) is 20.3 Å². The van der Waals surface area contributed by atoms with E-state index in [1.54, 1.807) is 31.6 Å². The fraction of sp³-hybridized carbons (Fsp3) is 0.100. The molecule has 8 nitrogen and oxygen atoms in total. The molecule has 0 spiro atoms. The lowest BCUT2D eigenvalue weighted by molar-refractivity contribution is -0.118. The summed E-state index contributed by atoms with van der Waals surface area (Å²) in [4.78, 5) is 24.7. The van der Waals surface area contributed by atoms with Crippen LogP contribution in [0.15, 0.2) is 67.3 Å². The van der Waals surface area contributed by atoms with Gasteiger partial charge in [-0.2, -0.15) is 0 Å². The van der Waals surface area contributed by atoms with Gasteiger partial charge in [0.1, 0.15) is 11.4 Å². The number of ether oxygens (including phenoxy) is 2. The van der Waals surface area contributed by atoms with Crippen LogP contribution in [-0.2, 0) is 4.79 Å². The number of benzene rings is 1. The Morgan fingerprint density at radius 2 is 2.00 bits per heavy atom. The van der Waals surface area contributed by atoms with Crippen LogP contribution >= 0.6 is 0 Å². The van der Waals surface area contributed by atoms with Gasteiger partial charge in [0, 0.05) is 30.4 Å². The molecule has 0 aliphatic rings. The van der Waals surface area contributed by atoms with Crippen molar-refractivity contribution in [3.8, 4) is 23.0 Å². The topological polar surface area (TPSA) is 90.6 Å². The number of aromatic nitrogens is 4. The molecule has 1 aromatic carbocycles. The number of carbonyl (C=O) groups is 1. The Labute approximate surface area is 160 Å². The summed E-state index contributed by atoms with van der Waals surface area (Å²) in [6.07, 6.45) is 6.95. The molecule has 4 rings (SSSR count). The summed E-state index contributed by atoms with van der Waals surface area (Å²) in [5.74, 6) is 0.190. The van der Waals surface area contributed by atoms with Gasteiger partial charge in [-0.1, -0.05) is 6.07 Å². The zero-order valence-corrected chi connectivity index (χ0v) is 15.1. The van der Waals surface area contributed by atoms with Gasteiger partial charge < -0.3 is 19.2 Å². The van der Waals surface area contributed by atoms with Crippen LogP contribution in [0.5, 0.6) is 11.8 Å². The first-order valence-corrected chi connectivity index (χ1v) is 8.55. The van der Waals surface area contributed by atoms with Crippen molar-refractivity contribution in [2.24, 2.45) is 0 Å². The second kappa shape index (κ2) is 7.75. The Kier molecular flexibility index (Phi) is 4.83. The maximum Gasteiger partial charge on any atom is 0.316 e. The summed E-state index contributed by atoms with van der Waals surface area (Å²) >= 11 is 0. The average Bonchev–Trinajstić information content (AvgIpc) is 3.17. The van der Waals surface area contributed by atoms with Crippen LogP contribution in [0.1, 0.15) is 0 Å². The number of pyridine rings is 1. The molecule has 0 saturated heterocycles. The normalized spacial score (nSPS) is 10.6. The largest absolute Gasteiger partial charge is 0.495 e. The number of fused-ring (bicyclic) bond motifs is 1. The second-order valence-corrected chi connectivity index (χ2v) is 5.88. The minimum absolute atomic E-state index is 0.142. The number of imidazole rings is 1. The SMILES string of the molecule is COc1ccc(-c2cn3ccccc3n2)cc1NC(=O)COc1ncccn1. The van der Waals surface area contributed by atoms with E-state index in [1.807, 2.05) is 47.1 Å². The predicted molar refractivity (Wildman–Crippen MR) is 103 cm³/mol. The Morgan fingerprint density at radius 3 is 2.79 bits per heavy atom. The maximum atomic E-state index is 12.3. The molecular formula is C20H17N5O3. The molecule has 3 aromatic heterocycles. The molecule has 0 bridgehead atoms. The smallest absolute Gasteiger partial charge is 0.316 e. The number of rotatable bonds is 6. The third kappa shape index (κ3) is 3.75. The molecular weight excluding hydrogens is 358 g/mol. The van der Waals surface area contributed by atoms with Crippen molar-refractivity contribution < 1.29 is 14.3 Å². The van der Waals surface area contributed by atoms with Crippen LogP contribution in [0.2, 0.25) is 0 Å². The quantitative estimate of drug-likeness (QED) is 0.557. The van der Waals surface area contributed by atoms with Gasteiger partial charge in [-0.05, 0) is 36.4 Å². The fourth-order valence-corrected chi connectivity index (χ4v) is 2.72. The number of hydrogen-bond acceptors (Lipinski definition) is 6. The molecule has 8 heteroatoms. The van der Waals surface area contributed by atoms with Crippen molar-refractivity contribution in [2.45, 2.75) is 0 Å². The minimum Gasteiger partial charge on any atom is -0.495 e. The molecule has 1 N–H and O–H groups in total. The van der Waals surface area contributed by atoms with E-state index in [9.17, 15) is 4.79 Å². The Morgan fingerprint density at radius 1 is 1.14 bits per heavy atom. The van der Waals surface area contributed by atoms with E-state index in [1.165, 1.54) is 0 Å². The highest BCUT2D eigenvalue weighted by Gasteiger charge is 2.12.